The van der Waals surface area contributed by atoms with Crippen LogP contribution in [-0.2, 0) is 0 Å². The molecule has 0 spiro atoms. The molecule has 102 valence electrons. The largest absolute Gasteiger partial charge is 0.496 e. The standard InChI is InChI=1S/C15H25NO2/c1-11(17)14-12(8-7-9-13(14)18-6)16(5)10-15(2,3)4/h7-9,11,17H,10H2,1-6H3/t11-/m0/s1. The molecule has 3 nitrogen and oxygen atoms in total. The minimum atomic E-state index is -0.543. The second-order valence-electron chi connectivity index (χ2n) is 5.99. The van der Waals surface area contributed by atoms with Gasteiger partial charge in [0.1, 0.15) is 5.75 Å². The van der Waals surface area contributed by atoms with E-state index in [9.17, 15) is 5.11 Å². The van der Waals surface area contributed by atoms with E-state index in [1.807, 2.05) is 25.2 Å². The maximum Gasteiger partial charge on any atom is 0.126 e. The van der Waals surface area contributed by atoms with Gasteiger partial charge >= 0.3 is 0 Å². The van der Waals surface area contributed by atoms with Crippen molar-refractivity contribution in [2.75, 3.05) is 25.6 Å². The van der Waals surface area contributed by atoms with Gasteiger partial charge in [0, 0.05) is 24.8 Å². The minimum Gasteiger partial charge on any atom is -0.496 e. The van der Waals surface area contributed by atoms with Crippen LogP contribution >= 0.6 is 0 Å². The summed E-state index contributed by atoms with van der Waals surface area (Å²) in [7, 11) is 3.68. The summed E-state index contributed by atoms with van der Waals surface area (Å²) in [4.78, 5) is 2.17. The van der Waals surface area contributed by atoms with Crippen molar-refractivity contribution in [3.63, 3.8) is 0 Å². The molecule has 0 aliphatic carbocycles. The molecule has 0 radical (unpaired) electrons. The zero-order valence-corrected chi connectivity index (χ0v) is 12.3. The molecular weight excluding hydrogens is 226 g/mol. The fourth-order valence-electron chi connectivity index (χ4n) is 2.26. The average molecular weight is 251 g/mol. The summed E-state index contributed by atoms with van der Waals surface area (Å²) in [5.74, 6) is 0.739. The molecule has 1 atom stereocenters. The lowest BCUT2D eigenvalue weighted by molar-refractivity contribution is 0.194. The number of ether oxygens (including phenoxy) is 1. The zero-order chi connectivity index (χ0) is 13.9. The van der Waals surface area contributed by atoms with Crippen molar-refractivity contribution < 1.29 is 9.84 Å². The van der Waals surface area contributed by atoms with E-state index in [1.54, 1.807) is 14.0 Å². The van der Waals surface area contributed by atoms with Crippen LogP contribution in [0.4, 0.5) is 5.69 Å². The van der Waals surface area contributed by atoms with Gasteiger partial charge in [-0.2, -0.15) is 0 Å². The van der Waals surface area contributed by atoms with Crippen molar-refractivity contribution >= 4 is 5.69 Å². The number of rotatable bonds is 4. The Balaban J connectivity index is 3.15. The van der Waals surface area contributed by atoms with E-state index in [2.05, 4.69) is 25.7 Å². The molecular formula is C15H25NO2. The zero-order valence-electron chi connectivity index (χ0n) is 12.3. The molecule has 0 aromatic heterocycles. The van der Waals surface area contributed by atoms with Gasteiger partial charge in [-0.15, -0.1) is 0 Å². The first kappa shape index (κ1) is 14.8. The van der Waals surface area contributed by atoms with Gasteiger partial charge in [-0.05, 0) is 24.5 Å². The third-order valence-corrected chi connectivity index (χ3v) is 2.80. The number of aliphatic hydroxyl groups is 1. The molecule has 18 heavy (non-hydrogen) atoms. The highest BCUT2D eigenvalue weighted by atomic mass is 16.5. The fourth-order valence-corrected chi connectivity index (χ4v) is 2.26. The number of nitrogens with zero attached hydrogens (tertiary/aromatic N) is 1. The summed E-state index contributed by atoms with van der Waals surface area (Å²) in [6.45, 7) is 9.29. The van der Waals surface area contributed by atoms with Crippen LogP contribution in [0.3, 0.4) is 0 Å². The molecule has 3 heteroatoms. The molecule has 1 aromatic carbocycles. The Labute approximate surface area is 110 Å². The molecule has 0 heterocycles. The quantitative estimate of drug-likeness (QED) is 0.891. The summed E-state index contributed by atoms with van der Waals surface area (Å²) >= 11 is 0. The lowest BCUT2D eigenvalue weighted by atomic mass is 9.95. The number of methoxy groups -OCH3 is 1. The Bertz CT molecular complexity index is 394. The molecule has 0 bridgehead atoms. The van der Waals surface area contributed by atoms with Crippen LogP contribution in [0.2, 0.25) is 0 Å². The van der Waals surface area contributed by atoms with Gasteiger partial charge in [0.2, 0.25) is 0 Å². The number of anilines is 1. The Morgan fingerprint density at radius 2 is 1.94 bits per heavy atom. The van der Waals surface area contributed by atoms with Gasteiger partial charge in [0.25, 0.3) is 0 Å². The Morgan fingerprint density at radius 1 is 1.33 bits per heavy atom. The molecule has 0 aliphatic heterocycles. The van der Waals surface area contributed by atoms with E-state index in [0.717, 1.165) is 23.5 Å². The maximum atomic E-state index is 9.96. The van der Waals surface area contributed by atoms with Gasteiger partial charge in [-0.25, -0.2) is 0 Å². The van der Waals surface area contributed by atoms with E-state index >= 15 is 0 Å². The van der Waals surface area contributed by atoms with E-state index in [0.29, 0.717) is 0 Å². The topological polar surface area (TPSA) is 32.7 Å². The van der Waals surface area contributed by atoms with Gasteiger partial charge in [-0.1, -0.05) is 26.8 Å². The molecule has 0 amide bonds. The SMILES string of the molecule is COc1cccc(N(C)CC(C)(C)C)c1[C@H](C)O. The number of hydrogen-bond donors (Lipinski definition) is 1. The van der Waals surface area contributed by atoms with Crippen molar-refractivity contribution in [1.82, 2.24) is 0 Å². The first-order valence-electron chi connectivity index (χ1n) is 6.32. The molecule has 0 saturated carbocycles. The van der Waals surface area contributed by atoms with Crippen molar-refractivity contribution in [2.24, 2.45) is 5.41 Å². The molecule has 1 rings (SSSR count). The molecule has 1 N–H and O–H groups in total. The van der Waals surface area contributed by atoms with Crippen molar-refractivity contribution in [1.29, 1.82) is 0 Å². The van der Waals surface area contributed by atoms with E-state index < -0.39 is 6.10 Å². The summed E-state index contributed by atoms with van der Waals surface area (Å²) in [6.07, 6.45) is -0.543. The smallest absolute Gasteiger partial charge is 0.126 e. The van der Waals surface area contributed by atoms with Crippen LogP contribution in [0, 0.1) is 5.41 Å². The number of hydrogen-bond acceptors (Lipinski definition) is 3. The van der Waals surface area contributed by atoms with Crippen LogP contribution in [-0.4, -0.2) is 25.8 Å². The maximum absolute atomic E-state index is 9.96. The van der Waals surface area contributed by atoms with Crippen LogP contribution in [0.5, 0.6) is 5.75 Å². The number of aliphatic hydroxyl groups excluding tert-OH is 1. The second-order valence-corrected chi connectivity index (χ2v) is 5.99. The van der Waals surface area contributed by atoms with Crippen LogP contribution in [0.25, 0.3) is 0 Å². The third-order valence-electron chi connectivity index (χ3n) is 2.80. The summed E-state index contributed by atoms with van der Waals surface area (Å²) in [5.41, 5.74) is 2.08. The monoisotopic (exact) mass is 251 g/mol. The predicted octanol–water partition coefficient (Wildman–Crippen LogP) is 3.23. The molecule has 1 aromatic rings. The molecule has 0 fully saturated rings. The first-order valence-corrected chi connectivity index (χ1v) is 6.32. The van der Waals surface area contributed by atoms with Crippen LogP contribution < -0.4 is 9.64 Å². The van der Waals surface area contributed by atoms with Gasteiger partial charge in [0.15, 0.2) is 0 Å². The second kappa shape index (κ2) is 5.61. The van der Waals surface area contributed by atoms with Crippen molar-refractivity contribution in [3.8, 4) is 5.75 Å². The average Bonchev–Trinajstić information content (AvgIpc) is 2.25. The highest BCUT2D eigenvalue weighted by molar-refractivity contribution is 5.60. The van der Waals surface area contributed by atoms with Gasteiger partial charge in [0.05, 0.1) is 13.2 Å². The Kier molecular flexibility index (Phi) is 4.63. The van der Waals surface area contributed by atoms with Gasteiger partial charge < -0.3 is 14.7 Å². The molecule has 0 saturated heterocycles. The lowest BCUT2D eigenvalue weighted by Crippen LogP contribution is -2.30. The molecule has 0 aliphatic rings. The molecule has 0 unspecified atom stereocenters. The Morgan fingerprint density at radius 3 is 2.39 bits per heavy atom. The minimum absolute atomic E-state index is 0.202. The normalized spacial score (nSPS) is 13.3. The van der Waals surface area contributed by atoms with E-state index in [4.69, 9.17) is 4.74 Å². The van der Waals surface area contributed by atoms with E-state index in [1.165, 1.54) is 0 Å². The summed E-state index contributed by atoms with van der Waals surface area (Å²) < 4.78 is 5.34. The highest BCUT2D eigenvalue weighted by Gasteiger charge is 2.20. The fraction of sp³-hybridized carbons (Fsp3) is 0.600. The van der Waals surface area contributed by atoms with E-state index in [-0.39, 0.29) is 5.41 Å². The predicted molar refractivity (Wildman–Crippen MR) is 76.4 cm³/mol. The van der Waals surface area contributed by atoms with Crippen LogP contribution in [0.1, 0.15) is 39.4 Å². The Hall–Kier alpha value is -1.22. The summed E-state index contributed by atoms with van der Waals surface area (Å²) in [6, 6.07) is 5.87. The highest BCUT2D eigenvalue weighted by Crippen LogP contribution is 2.35. The summed E-state index contributed by atoms with van der Waals surface area (Å²) in [5, 5.41) is 9.96. The first-order chi connectivity index (χ1) is 8.26. The van der Waals surface area contributed by atoms with Crippen LogP contribution in [0.15, 0.2) is 18.2 Å². The van der Waals surface area contributed by atoms with Gasteiger partial charge in [-0.3, -0.25) is 0 Å². The third kappa shape index (κ3) is 3.64. The van der Waals surface area contributed by atoms with Crippen molar-refractivity contribution in [3.05, 3.63) is 23.8 Å². The number of benzene rings is 1. The van der Waals surface area contributed by atoms with Crippen molar-refractivity contribution in [2.45, 2.75) is 33.8 Å². The lowest BCUT2D eigenvalue weighted by Gasteiger charge is -2.31.